The molecule has 2 aromatic carbocycles. The second kappa shape index (κ2) is 69.3. The maximum Gasteiger partial charge on any atom is 0.246 e. The van der Waals surface area contributed by atoms with Gasteiger partial charge in [0, 0.05) is 87.9 Å². The minimum Gasteiger partial charge on any atom is -0.394 e. The van der Waals surface area contributed by atoms with Gasteiger partial charge in [-0.1, -0.05) is 179 Å². The van der Waals surface area contributed by atoms with Crippen LogP contribution in [0, 0.1) is 5.92 Å². The number of ether oxygens (including phenoxy) is 2. The predicted octanol–water partition coefficient (Wildman–Crippen LogP) is -1.85. The number of H-pyrrole nitrogens is 2. The van der Waals surface area contributed by atoms with Crippen molar-refractivity contribution in [1.82, 2.24) is 89.0 Å². The smallest absolute Gasteiger partial charge is 0.246 e. The lowest BCUT2D eigenvalue weighted by Crippen LogP contribution is -2.62. The molecule has 1 aliphatic heterocycles. The van der Waals surface area contributed by atoms with E-state index in [2.05, 4.69) is 96.0 Å². The van der Waals surface area contributed by atoms with Crippen LogP contribution in [0.15, 0.2) is 78.3 Å². The number of guanidine groups is 1. The van der Waals surface area contributed by atoms with Crippen molar-refractivity contribution in [2.75, 3.05) is 79.5 Å². The third-order valence-electron chi connectivity index (χ3n) is 23.3. The van der Waals surface area contributed by atoms with Gasteiger partial charge in [0.1, 0.15) is 56.7 Å². The number of para-hydroxylation sites is 1. The number of aliphatic hydroxyl groups is 9. The quantitative estimate of drug-likeness (QED) is 0.00999. The Morgan fingerprint density at radius 3 is 1.87 bits per heavy atom. The van der Waals surface area contributed by atoms with Gasteiger partial charge >= 0.3 is 0 Å². The predicted molar refractivity (Wildman–Crippen MR) is 509 cm³/mol. The molecule has 10 amide bonds. The lowest BCUT2D eigenvalue weighted by atomic mass is 10.0. The van der Waals surface area contributed by atoms with Crippen LogP contribution in [-0.2, 0) is 76.7 Å². The molecule has 43 heteroatoms. The summed E-state index contributed by atoms with van der Waals surface area (Å²) in [6, 6.07) is 6.24. The molecule has 0 saturated carbocycles. The molecule has 1 fully saturated rings. The van der Waals surface area contributed by atoms with Gasteiger partial charge in [-0.15, -0.1) is 0 Å². The fraction of sp³-hybridized carbons (Fsp3) is 0.696. The molecule has 0 unspecified atom stereocenters. The number of hydrogen-bond acceptors (Lipinski definition) is 29. The zero-order valence-electron chi connectivity index (χ0n) is 79.5. The highest BCUT2D eigenvalue weighted by Gasteiger charge is 2.37. The van der Waals surface area contributed by atoms with Crippen molar-refractivity contribution in [3.63, 3.8) is 0 Å². The molecule has 3 heterocycles. The van der Waals surface area contributed by atoms with Crippen LogP contribution in [-0.4, -0.2) is 308 Å². The lowest BCUT2D eigenvalue weighted by molar-refractivity contribution is -0.132. The average molecular weight is 1910 g/mol. The summed E-state index contributed by atoms with van der Waals surface area (Å²) in [6.45, 7) is 5.49. The molecule has 4 aromatic rings. The van der Waals surface area contributed by atoms with Crippen LogP contribution in [0.5, 0.6) is 0 Å². The molecule has 0 aliphatic carbocycles. The van der Waals surface area contributed by atoms with Crippen LogP contribution in [0.1, 0.15) is 224 Å². The normalized spacial score (nSPS) is 20.4. The summed E-state index contributed by atoms with van der Waals surface area (Å²) < 4.78 is 10.6. The molecule has 764 valence electrons. The Labute approximate surface area is 792 Å². The molecule has 32 N–H and O–H groups in total. The number of likely N-dealkylation sites (N-methyl/N-ethyl adjacent to an activating group) is 1. The van der Waals surface area contributed by atoms with Gasteiger partial charge in [0.25, 0.3) is 0 Å². The number of nitrogens with zero attached hydrogens (tertiary/aromatic N) is 3. The number of carbonyl (C=O) groups excluding carboxylic acids is 10. The Kier molecular flexibility index (Phi) is 60.5. The molecule has 5 rings (SSSR count). The molecule has 2 aromatic heterocycles. The van der Waals surface area contributed by atoms with Crippen molar-refractivity contribution in [2.24, 2.45) is 33.8 Å². The zero-order chi connectivity index (χ0) is 99.2. The van der Waals surface area contributed by atoms with Gasteiger partial charge in [-0.25, -0.2) is 4.98 Å². The van der Waals surface area contributed by atoms with Crippen LogP contribution < -0.4 is 92.1 Å². The summed E-state index contributed by atoms with van der Waals surface area (Å²) in [5.41, 5.74) is 25.1. The fourth-order valence-electron chi connectivity index (χ4n) is 15.3. The van der Waals surface area contributed by atoms with Crippen molar-refractivity contribution in [3.05, 3.63) is 90.1 Å². The number of carbonyl (C=O) groups is 10. The number of β-amino-alcohol motifs (C(OH)–C–C–N with tert-alkyl or cyclic N) is 2. The van der Waals surface area contributed by atoms with Crippen LogP contribution in [0.25, 0.3) is 10.9 Å². The first-order chi connectivity index (χ1) is 64.8. The topological polar surface area (TPSA) is 692 Å². The number of imidazole rings is 1. The van der Waals surface area contributed by atoms with Gasteiger partial charge in [-0.05, 0) is 93.7 Å². The van der Waals surface area contributed by atoms with E-state index in [1.54, 1.807) is 20.0 Å². The number of aromatic amines is 2. The summed E-state index contributed by atoms with van der Waals surface area (Å²) in [6.07, 6.45) is 16.9. The van der Waals surface area contributed by atoms with Gasteiger partial charge in [0.2, 0.25) is 59.1 Å². The van der Waals surface area contributed by atoms with Crippen molar-refractivity contribution in [1.29, 1.82) is 0 Å². The van der Waals surface area contributed by atoms with Crippen LogP contribution in [0.2, 0.25) is 0 Å². The first kappa shape index (κ1) is 118. The van der Waals surface area contributed by atoms with Gasteiger partial charge in [0.15, 0.2) is 5.96 Å². The summed E-state index contributed by atoms with van der Waals surface area (Å²) >= 11 is 0. The van der Waals surface area contributed by atoms with E-state index in [1.165, 1.54) is 102 Å². The number of aliphatic imine (C=N–C) groups is 1. The minimum absolute atomic E-state index is 0.00107. The second-order valence-electron chi connectivity index (χ2n) is 34.5. The van der Waals surface area contributed by atoms with Crippen molar-refractivity contribution < 1.29 is 103 Å². The molecular weight excluding hydrogens is 1750 g/mol. The summed E-state index contributed by atoms with van der Waals surface area (Å²) in [4.78, 5) is 144. The molecule has 1 aliphatic rings. The van der Waals surface area contributed by atoms with E-state index < -0.39 is 177 Å². The Balaban J connectivity index is 0.000000571. The number of aromatic nitrogens is 3. The number of fused-ring (bicyclic) bond motifs is 1. The van der Waals surface area contributed by atoms with Gasteiger partial charge in [0.05, 0.1) is 93.7 Å². The highest BCUT2D eigenvalue weighted by molar-refractivity contribution is 5.91. The average Bonchev–Trinajstić information content (AvgIpc) is 1.68. The fourth-order valence-corrected chi connectivity index (χ4v) is 15.3. The Morgan fingerprint density at radius 1 is 0.637 bits per heavy atom. The number of aliphatic hydroxyl groups excluding tert-OH is 9. The molecule has 17 atom stereocenters. The highest BCUT2D eigenvalue weighted by atomic mass is 16.5. The number of nitrogens with one attached hydrogen (secondary N) is 15. The summed E-state index contributed by atoms with van der Waals surface area (Å²) in [5.74, 6) is -6.73. The number of primary amides is 2. The van der Waals surface area contributed by atoms with Crippen molar-refractivity contribution in [2.45, 2.75) is 325 Å². The van der Waals surface area contributed by atoms with Gasteiger partial charge in [-0.2, -0.15) is 0 Å². The molecule has 0 spiro atoms. The van der Waals surface area contributed by atoms with Crippen LogP contribution in [0.4, 0.5) is 0 Å². The number of unbranched alkanes of at least 4 members (excludes halogenated alkanes) is 15. The Morgan fingerprint density at radius 2 is 1.25 bits per heavy atom. The number of amides is 10. The SMILES string of the molecule is CCCCCCCCCCCCCCCCCC(=O)NCOCCOCC(=O)NCC(=O)N[C@@H](CO)[C@H](O)N[C@@H](CCC(N)=O)C(=O)N[C@@H](Cc1cnc[nH]1)C(=O)N[C@@H](CO)[C@@H](O)N[C@@H](CCCC)C(=O)NC.CC[C@@H](O)CN1C[C@@H](O)N[C@H](Cc2ccccc2)C(=O)N[C@@H](CCCN=C(N)N)[C@@H](O)N[C@@H](Cc2c[nH]c3ccccc23)[C@H](O)N[C@H](C(N)=O)CCCNC(=O)CC[C@H](C)[C@@H]1O. The standard InChI is InChI=1S/C49H91N11O13.C43H69N11O8/c1-4-6-8-9-10-11-12-13-14-15-16-17-18-19-20-22-42(64)55-34-73-26-25-72-32-44(66)53-29-43(65)56-39(30-61)48(70)58-37(23-24-41(50)63)46(68)59-38(27-35-28-52-33-54-35)47(69)60-40(31-62)49(71)57-36(21-7-5-2)45(67)51-3;1-3-29(55)24-54-25-37(57)50-34(21-27-11-5-4-6-12-27)40(60)52-33(16-10-20-48-43(45)46)39(59)53-35(22-28-23-49-31-14-8-7-13-30(28)31)41(61)51-32(38(44)58)15-9-19-47-36(56)18-17-26(2)42(54)62/h28,33,36-40,48-49,57-58,61-62,70-71H,4-27,29-32,34H2,1-3H3,(H2,50,63)(H,51,67)(H,52,54)(H,53,66)(H,55,64)(H,56,65)(H,59,68)(H,60,69);4-8,11-14,23,26,29,32-35,37,39,41-42,49-51,53,55,57,59,61-62H,3,9-10,15-22,24-25H2,1-2H3,(H2,44,58)(H,47,56)(H,52,60)(H4,45,46,48)/t36-,37-,38-,39-,40-,48-,49+;26-,29+,32-,33-,34+,35-,37+,39+,41-,42-/m00/s1. The number of hydrogen-bond donors (Lipinski definition) is 28. The number of benzene rings is 2. The minimum atomic E-state index is -1.82. The molecule has 0 radical (unpaired) electrons. The van der Waals surface area contributed by atoms with Crippen LogP contribution >= 0.6 is 0 Å². The largest absolute Gasteiger partial charge is 0.394 e. The van der Waals surface area contributed by atoms with E-state index in [9.17, 15) is 93.9 Å². The molecule has 135 heavy (non-hydrogen) atoms. The monoisotopic (exact) mass is 1910 g/mol. The number of rotatable bonds is 59. The maximum absolute atomic E-state index is 14.4. The summed E-state index contributed by atoms with van der Waals surface area (Å²) in [7, 11) is 1.43. The first-order valence-electron chi connectivity index (χ1n) is 47.9. The van der Waals surface area contributed by atoms with Crippen LogP contribution in [0.3, 0.4) is 0 Å². The lowest BCUT2D eigenvalue weighted by Gasteiger charge is -2.36. The molecular formula is C92H160N22O21. The third-order valence-corrected chi connectivity index (χ3v) is 23.3. The second-order valence-corrected chi connectivity index (χ2v) is 34.5. The Bertz CT molecular complexity index is 4010. The molecule has 43 nitrogen and oxygen atoms in total. The number of nitrogens with two attached hydrogens (primary N) is 4. The van der Waals surface area contributed by atoms with E-state index in [1.807, 2.05) is 61.5 Å². The first-order valence-corrected chi connectivity index (χ1v) is 47.9. The maximum atomic E-state index is 14.4. The van der Waals surface area contributed by atoms with E-state index in [-0.39, 0.29) is 122 Å². The Hall–Kier alpha value is -9.52. The van der Waals surface area contributed by atoms with Gasteiger partial charge in [-0.3, -0.25) is 84.4 Å². The molecule has 0 bridgehead atoms. The van der Waals surface area contributed by atoms with E-state index in [0.29, 0.717) is 44.2 Å². The van der Waals surface area contributed by atoms with Gasteiger partial charge < -0.3 is 131 Å². The van der Waals surface area contributed by atoms with Crippen molar-refractivity contribution >= 4 is 75.9 Å². The molecule has 1 saturated heterocycles. The van der Waals surface area contributed by atoms with E-state index in [4.69, 9.17) is 32.4 Å². The highest BCUT2D eigenvalue weighted by Crippen LogP contribution is 2.23. The third kappa shape index (κ3) is 49.9. The van der Waals surface area contributed by atoms with E-state index in [0.717, 1.165) is 47.7 Å². The summed E-state index contributed by atoms with van der Waals surface area (Å²) in [5, 5.41) is 135. The van der Waals surface area contributed by atoms with E-state index >= 15 is 0 Å². The zero-order valence-corrected chi connectivity index (χ0v) is 79.5. The van der Waals surface area contributed by atoms with Crippen molar-refractivity contribution in [3.8, 4) is 0 Å².